The molecule has 104 valence electrons. The van der Waals surface area contributed by atoms with E-state index < -0.39 is 5.97 Å². The number of hydrogen-bond donors (Lipinski definition) is 1. The van der Waals surface area contributed by atoms with E-state index in [1.54, 1.807) is 0 Å². The highest BCUT2D eigenvalue weighted by Crippen LogP contribution is 2.38. The molecule has 1 N–H and O–H groups in total. The second kappa shape index (κ2) is 5.60. The zero-order chi connectivity index (χ0) is 13.2. The van der Waals surface area contributed by atoms with Crippen LogP contribution >= 0.6 is 0 Å². The Morgan fingerprint density at radius 3 is 2.39 bits per heavy atom. The largest absolute Gasteiger partial charge is 0.481 e. The lowest BCUT2D eigenvalue weighted by molar-refractivity contribution is -0.138. The first-order valence-corrected chi connectivity index (χ1v) is 7.47. The van der Waals surface area contributed by atoms with Crippen molar-refractivity contribution in [2.24, 2.45) is 5.92 Å². The predicted molar refractivity (Wildman–Crippen MR) is 72.6 cm³/mol. The molecule has 3 nitrogen and oxygen atoms in total. The quantitative estimate of drug-likeness (QED) is 0.785. The van der Waals surface area contributed by atoms with Crippen LogP contribution in [0.15, 0.2) is 0 Å². The molecule has 0 amide bonds. The van der Waals surface area contributed by atoms with Crippen molar-refractivity contribution in [3.05, 3.63) is 0 Å². The number of aliphatic carboxylic acids is 1. The number of carboxylic acids is 1. The molecule has 2 fully saturated rings. The average molecular weight is 253 g/mol. The van der Waals surface area contributed by atoms with E-state index in [0.717, 1.165) is 13.0 Å². The van der Waals surface area contributed by atoms with Crippen molar-refractivity contribution in [1.29, 1.82) is 0 Å². The second-order valence-corrected chi connectivity index (χ2v) is 6.78. The Hall–Kier alpha value is -0.570. The Kier molecular flexibility index (Phi) is 4.31. The number of nitrogens with zero attached hydrogens (tertiary/aromatic N) is 1. The normalized spacial score (nSPS) is 30.2. The number of carboxylic acid groups (broad SMARTS) is 1. The Morgan fingerprint density at radius 2 is 1.83 bits per heavy atom. The molecule has 1 unspecified atom stereocenters. The van der Waals surface area contributed by atoms with E-state index in [9.17, 15) is 4.79 Å². The zero-order valence-corrected chi connectivity index (χ0v) is 11.8. The predicted octanol–water partition coefficient (Wildman–Crippen LogP) is 3.28. The molecule has 0 bridgehead atoms. The molecule has 0 aromatic heterocycles. The summed E-state index contributed by atoms with van der Waals surface area (Å²) < 4.78 is 0. The molecule has 3 heteroatoms. The molecule has 1 heterocycles. The third kappa shape index (κ3) is 3.25. The van der Waals surface area contributed by atoms with Crippen molar-refractivity contribution >= 4 is 5.97 Å². The second-order valence-electron chi connectivity index (χ2n) is 6.78. The molecule has 0 spiro atoms. The molecule has 2 aliphatic rings. The minimum atomic E-state index is -0.640. The summed E-state index contributed by atoms with van der Waals surface area (Å²) in [5, 5.41) is 8.97. The molecule has 18 heavy (non-hydrogen) atoms. The number of likely N-dealkylation sites (tertiary alicyclic amines) is 1. The zero-order valence-electron chi connectivity index (χ0n) is 11.8. The Bertz CT molecular complexity index is 293. The van der Waals surface area contributed by atoms with E-state index >= 15 is 0 Å². The maximum Gasteiger partial charge on any atom is 0.303 e. The molecule has 0 aromatic rings. The van der Waals surface area contributed by atoms with Crippen molar-refractivity contribution in [3.63, 3.8) is 0 Å². The molecule has 0 aromatic carbocycles. The van der Waals surface area contributed by atoms with Crippen LogP contribution in [0.3, 0.4) is 0 Å². The summed E-state index contributed by atoms with van der Waals surface area (Å²) in [6.45, 7) is 5.57. The Balaban J connectivity index is 2.00. The molecular formula is C15H27NO2. The lowest BCUT2D eigenvalue weighted by Gasteiger charge is -2.38. The van der Waals surface area contributed by atoms with Crippen LogP contribution < -0.4 is 0 Å². The van der Waals surface area contributed by atoms with Crippen LogP contribution in [-0.4, -0.2) is 34.1 Å². The van der Waals surface area contributed by atoms with Crippen molar-refractivity contribution in [3.8, 4) is 0 Å². The highest BCUT2D eigenvalue weighted by molar-refractivity contribution is 5.67. The number of carbonyl (C=O) groups is 1. The van der Waals surface area contributed by atoms with Gasteiger partial charge >= 0.3 is 5.97 Å². The van der Waals surface area contributed by atoms with Crippen LogP contribution in [0.1, 0.15) is 65.2 Å². The van der Waals surface area contributed by atoms with Gasteiger partial charge in [-0.05, 0) is 39.0 Å². The molecule has 1 atom stereocenters. The van der Waals surface area contributed by atoms with Gasteiger partial charge in [0.25, 0.3) is 0 Å². The van der Waals surface area contributed by atoms with E-state index in [1.807, 2.05) is 0 Å². The standard InChI is InChI=1S/C15H27NO2/c1-15(2)10-12(9-14(17)18)11-16(15)13-7-5-3-4-6-8-13/h12-13H,3-11H2,1-2H3,(H,17,18). The molecule has 1 saturated carbocycles. The smallest absolute Gasteiger partial charge is 0.303 e. The minimum absolute atomic E-state index is 0.190. The summed E-state index contributed by atoms with van der Waals surface area (Å²) in [4.78, 5) is 13.5. The van der Waals surface area contributed by atoms with Crippen LogP contribution in [0.2, 0.25) is 0 Å². The SMILES string of the molecule is CC1(C)CC(CC(=O)O)CN1C1CCCCCC1. The van der Waals surface area contributed by atoms with Crippen molar-refractivity contribution in [2.45, 2.75) is 76.8 Å². The van der Waals surface area contributed by atoms with Gasteiger partial charge in [-0.2, -0.15) is 0 Å². The summed E-state index contributed by atoms with van der Waals surface area (Å²) in [6, 6.07) is 0.696. The highest BCUT2D eigenvalue weighted by Gasteiger charge is 2.42. The lowest BCUT2D eigenvalue weighted by Crippen LogP contribution is -2.45. The van der Waals surface area contributed by atoms with Gasteiger partial charge in [0.05, 0.1) is 0 Å². The fourth-order valence-corrected chi connectivity index (χ4v) is 4.01. The van der Waals surface area contributed by atoms with Crippen LogP contribution in [0, 0.1) is 5.92 Å². The van der Waals surface area contributed by atoms with Crippen LogP contribution in [0.5, 0.6) is 0 Å². The van der Waals surface area contributed by atoms with E-state index in [2.05, 4.69) is 18.7 Å². The molecule has 1 aliphatic carbocycles. The first kappa shape index (κ1) is 13.9. The topological polar surface area (TPSA) is 40.5 Å². The third-order valence-corrected chi connectivity index (χ3v) is 4.75. The van der Waals surface area contributed by atoms with Crippen molar-refractivity contribution < 1.29 is 9.90 Å². The van der Waals surface area contributed by atoms with Crippen LogP contribution in [0.25, 0.3) is 0 Å². The Morgan fingerprint density at radius 1 is 1.22 bits per heavy atom. The highest BCUT2D eigenvalue weighted by atomic mass is 16.4. The van der Waals surface area contributed by atoms with Gasteiger partial charge in [-0.3, -0.25) is 9.69 Å². The van der Waals surface area contributed by atoms with Gasteiger partial charge in [0.15, 0.2) is 0 Å². The van der Waals surface area contributed by atoms with Gasteiger partial charge in [0.1, 0.15) is 0 Å². The summed E-state index contributed by atoms with van der Waals surface area (Å²) in [5.41, 5.74) is 0.190. The van der Waals surface area contributed by atoms with E-state index in [0.29, 0.717) is 18.4 Å². The maximum absolute atomic E-state index is 10.9. The van der Waals surface area contributed by atoms with Gasteiger partial charge in [0.2, 0.25) is 0 Å². The van der Waals surface area contributed by atoms with Gasteiger partial charge in [-0.25, -0.2) is 0 Å². The fraction of sp³-hybridized carbons (Fsp3) is 0.933. The van der Waals surface area contributed by atoms with Gasteiger partial charge in [0, 0.05) is 24.5 Å². The van der Waals surface area contributed by atoms with Gasteiger partial charge in [-0.15, -0.1) is 0 Å². The van der Waals surface area contributed by atoms with Crippen LogP contribution in [0.4, 0.5) is 0 Å². The van der Waals surface area contributed by atoms with Gasteiger partial charge < -0.3 is 5.11 Å². The van der Waals surface area contributed by atoms with Crippen molar-refractivity contribution in [1.82, 2.24) is 4.90 Å². The molecule has 1 aliphatic heterocycles. The summed E-state index contributed by atoms with van der Waals surface area (Å²) >= 11 is 0. The van der Waals surface area contributed by atoms with Gasteiger partial charge in [-0.1, -0.05) is 25.7 Å². The first-order chi connectivity index (χ1) is 8.49. The average Bonchev–Trinajstić information content (AvgIpc) is 2.48. The van der Waals surface area contributed by atoms with Crippen LogP contribution in [-0.2, 0) is 4.79 Å². The molecular weight excluding hydrogens is 226 g/mol. The van der Waals surface area contributed by atoms with E-state index in [1.165, 1.54) is 38.5 Å². The lowest BCUT2D eigenvalue weighted by atomic mass is 9.93. The molecule has 1 saturated heterocycles. The molecule has 0 radical (unpaired) electrons. The number of hydrogen-bond acceptors (Lipinski definition) is 2. The van der Waals surface area contributed by atoms with Crippen molar-refractivity contribution in [2.75, 3.05) is 6.54 Å². The van der Waals surface area contributed by atoms with E-state index in [-0.39, 0.29) is 5.54 Å². The fourth-order valence-electron chi connectivity index (χ4n) is 4.01. The number of rotatable bonds is 3. The van der Waals surface area contributed by atoms with E-state index in [4.69, 9.17) is 5.11 Å². The third-order valence-electron chi connectivity index (χ3n) is 4.75. The summed E-state index contributed by atoms with van der Waals surface area (Å²) in [5.74, 6) is -0.292. The summed E-state index contributed by atoms with van der Waals surface area (Å²) in [6.07, 6.45) is 9.45. The first-order valence-electron chi connectivity index (χ1n) is 7.47. The minimum Gasteiger partial charge on any atom is -0.481 e. The Labute approximate surface area is 111 Å². The summed E-state index contributed by atoms with van der Waals surface area (Å²) in [7, 11) is 0. The maximum atomic E-state index is 10.9. The monoisotopic (exact) mass is 253 g/mol. The molecule has 2 rings (SSSR count).